The number of rotatable bonds is 11. The number of nitrogens with one attached hydrogen (secondary N) is 1. The van der Waals surface area contributed by atoms with Crippen LogP contribution in [0.2, 0.25) is 0 Å². The molecule has 26 heteroatoms. The Balaban J connectivity index is 0.000000178. The molecule has 1 amide bonds. The van der Waals surface area contributed by atoms with Crippen LogP contribution in [0.3, 0.4) is 0 Å². The topological polar surface area (TPSA) is 288 Å². The van der Waals surface area contributed by atoms with Crippen LogP contribution in [0.25, 0.3) is 0 Å². The number of carboxylic acid groups (broad SMARTS) is 1. The third-order valence-corrected chi connectivity index (χ3v) is 19.1. The maximum atomic E-state index is 12.6. The van der Waals surface area contributed by atoms with Crippen LogP contribution in [0.15, 0.2) is 56.8 Å². The normalized spacial score (nSPS) is 26.5. The zero-order valence-electron chi connectivity index (χ0n) is 47.8. The smallest absolute Gasteiger partial charge is 0.407 e. The second-order valence-corrected chi connectivity index (χ2v) is 25.4. The van der Waals surface area contributed by atoms with E-state index >= 15 is 0 Å². The number of methoxy groups -OCH3 is 2. The van der Waals surface area contributed by atoms with Gasteiger partial charge in [0, 0.05) is 82.8 Å². The molecule has 12 rings (SSSR count). The molecule has 2 spiro atoms. The minimum atomic E-state index is -0.568. The quantitative estimate of drug-likeness (QED) is 0.124. The average Bonchev–Trinajstić information content (AvgIpc) is 4.44. The molecule has 0 radical (unpaired) electrons. The van der Waals surface area contributed by atoms with E-state index in [0.717, 1.165) is 110 Å². The van der Waals surface area contributed by atoms with Gasteiger partial charge in [0.1, 0.15) is 40.3 Å². The van der Waals surface area contributed by atoms with Crippen molar-refractivity contribution in [3.05, 3.63) is 48.3 Å². The lowest BCUT2D eigenvalue weighted by molar-refractivity contribution is -0.122. The highest BCUT2D eigenvalue weighted by Crippen LogP contribution is 2.48. The summed E-state index contributed by atoms with van der Waals surface area (Å²) in [5.41, 5.74) is 6.88. The monoisotopic (exact) mass is 1170 g/mol. The second kappa shape index (κ2) is 25.3. The molecule has 6 N–H and O–H groups in total. The minimum absolute atomic E-state index is 0.0383. The van der Waals surface area contributed by atoms with E-state index in [4.69, 9.17) is 68.7 Å². The van der Waals surface area contributed by atoms with Crippen LogP contribution in [0, 0.1) is 10.8 Å². The molecule has 24 nitrogen and oxygen atoms in total. The summed E-state index contributed by atoms with van der Waals surface area (Å²) in [7, 11) is 3.50. The molecule has 12 heterocycles. The first-order chi connectivity index (χ1) is 39.5. The van der Waals surface area contributed by atoms with Gasteiger partial charge in [-0.3, -0.25) is 4.79 Å². The van der Waals surface area contributed by atoms with Crippen LogP contribution in [-0.2, 0) is 41.7 Å². The summed E-state index contributed by atoms with van der Waals surface area (Å²) in [6.45, 7) is 16.2. The number of alkyl carbamates (subject to hydrolysis) is 1. The molecule has 8 aliphatic heterocycles. The van der Waals surface area contributed by atoms with Crippen molar-refractivity contribution in [1.29, 1.82) is 0 Å². The number of aliphatic hydroxyl groups excluding tert-OH is 2. The van der Waals surface area contributed by atoms with Crippen molar-refractivity contribution in [2.45, 2.75) is 160 Å². The number of amides is 1. The molecule has 8 aliphatic rings. The van der Waals surface area contributed by atoms with Gasteiger partial charge in [-0.25, -0.2) is 34.7 Å². The fourth-order valence-electron chi connectivity index (χ4n) is 12.8. The third-order valence-electron chi connectivity index (χ3n) is 17.2. The number of aliphatic hydroxyl groups is 2. The van der Waals surface area contributed by atoms with Gasteiger partial charge in [-0.1, -0.05) is 23.5 Å². The summed E-state index contributed by atoms with van der Waals surface area (Å²) in [6.07, 6.45) is 12.5. The van der Waals surface area contributed by atoms with Gasteiger partial charge in [0.05, 0.1) is 91.2 Å². The highest BCUT2D eigenvalue weighted by atomic mass is 32.2. The first-order valence-electron chi connectivity index (χ1n) is 28.2. The number of carbonyl (C=O) groups is 2. The van der Waals surface area contributed by atoms with Crippen molar-refractivity contribution < 1.29 is 58.1 Å². The Kier molecular flexibility index (Phi) is 18.4. The molecule has 0 bridgehead atoms. The number of pyridine rings is 2. The summed E-state index contributed by atoms with van der Waals surface area (Å²) in [5.74, 6) is 4.64. The number of carbonyl (C=O) groups excluding carboxylic acids is 1. The molecule has 0 unspecified atom stereocenters. The summed E-state index contributed by atoms with van der Waals surface area (Å²) in [6, 6.07) is 4.34. The summed E-state index contributed by atoms with van der Waals surface area (Å²) in [4.78, 5) is 60.1. The van der Waals surface area contributed by atoms with E-state index in [1.54, 1.807) is 32.8 Å². The summed E-state index contributed by atoms with van der Waals surface area (Å²) in [5, 5.41) is 31.8. The van der Waals surface area contributed by atoms with E-state index in [2.05, 4.69) is 41.8 Å². The molecule has 4 aromatic rings. The fourth-order valence-corrected chi connectivity index (χ4v) is 14.5. The van der Waals surface area contributed by atoms with Crippen molar-refractivity contribution in [2.24, 2.45) is 16.6 Å². The molecule has 6 fully saturated rings. The van der Waals surface area contributed by atoms with Gasteiger partial charge in [0.25, 0.3) is 6.47 Å². The fraction of sp³-hybridized carbons (Fsp3) is 0.643. The van der Waals surface area contributed by atoms with Gasteiger partial charge >= 0.3 is 6.09 Å². The lowest BCUT2D eigenvalue weighted by atomic mass is 9.73. The van der Waals surface area contributed by atoms with Gasteiger partial charge in [0.15, 0.2) is 34.8 Å². The summed E-state index contributed by atoms with van der Waals surface area (Å²) >= 11 is 2.94. The van der Waals surface area contributed by atoms with Crippen molar-refractivity contribution >= 4 is 59.4 Å². The number of nitrogens with two attached hydrogens (primary N) is 1. The van der Waals surface area contributed by atoms with Gasteiger partial charge in [-0.05, 0) is 85.3 Å². The van der Waals surface area contributed by atoms with Crippen LogP contribution < -0.4 is 40.1 Å². The Labute approximate surface area is 486 Å². The van der Waals surface area contributed by atoms with Crippen molar-refractivity contribution in [2.75, 3.05) is 99.5 Å². The SMILES string of the molecule is CO[C@H]1C[C@H]2COc3c(Sc4cnc(N5CCC6(CC5)CO[C@@H](C)[C@H]6N)c(CO)n4)ccnc3N2C1.CO[C@H]1C[C@H]2COc3c(Sc4cnc(N5CCC6(CC5)CO[C@@H](C)[C@H]6NC(=O)OC(C)(C)C)c(CO)n4)ccnc3N2C1.O=CO. The number of piperidine rings is 2. The number of nitrogens with zero attached hydrogens (tertiary/aromatic N) is 10. The van der Waals surface area contributed by atoms with Crippen LogP contribution in [0.1, 0.15) is 84.5 Å². The van der Waals surface area contributed by atoms with E-state index in [0.29, 0.717) is 60.2 Å². The first kappa shape index (κ1) is 59.6. The maximum Gasteiger partial charge on any atom is 0.407 e. The standard InChI is InChI=1S/C30H42N6O6S.C25H34N6O4S.CH2O2/c1-18-25(34-28(38)42-29(2,3)4)30(17-41-18)7-10-35(11-8-30)26-21(15-37)33-23(13-32-26)43-22-6-9-31-27-24(22)40-16-19-12-20(39-5)14-36(19)27;1-15-22(26)25(14-35-15)4-7-30(8-5-25)23-18(12-32)29-20(10-28-23)36-19-3-6-27-24-21(19)34-13-16-9-17(33-2)11-31(16)24;2-1-3/h6,9,13,18-20,25,37H,7-8,10-12,14-17H2,1-5H3,(H,34,38);3,6,10,15-17,22,32H,4-5,7-9,11-14,26H2,1-2H3;1H,(H,2,3)/t18-,19-,20-,25+;15-,16-,17-,22+;/m00./s1. The number of fused-ring (bicyclic) bond motifs is 6. The molecule has 6 saturated heterocycles. The van der Waals surface area contributed by atoms with Gasteiger partial charge in [-0.2, -0.15) is 0 Å². The molecule has 0 aromatic carbocycles. The molecular formula is C56H78N12O12S2. The molecule has 0 saturated carbocycles. The lowest BCUT2D eigenvalue weighted by Crippen LogP contribution is -2.55. The minimum Gasteiger partial charge on any atom is -0.486 e. The molecule has 0 aliphatic carbocycles. The van der Waals surface area contributed by atoms with E-state index in [9.17, 15) is 15.0 Å². The first-order valence-corrected chi connectivity index (χ1v) is 29.8. The number of hydrogen-bond donors (Lipinski definition) is 5. The lowest BCUT2D eigenvalue weighted by Gasteiger charge is -2.43. The van der Waals surface area contributed by atoms with Crippen LogP contribution in [0.4, 0.5) is 28.1 Å². The third kappa shape index (κ3) is 12.5. The van der Waals surface area contributed by atoms with Crippen LogP contribution >= 0.6 is 23.5 Å². The Morgan fingerprint density at radius 2 is 1.20 bits per heavy atom. The number of anilines is 4. The molecular weight excluding hydrogens is 1100 g/mol. The zero-order valence-corrected chi connectivity index (χ0v) is 49.4. The Morgan fingerprint density at radius 3 is 1.62 bits per heavy atom. The predicted octanol–water partition coefficient (Wildman–Crippen LogP) is 4.93. The Hall–Kier alpha value is -5.58. The van der Waals surface area contributed by atoms with Crippen molar-refractivity contribution in [3.8, 4) is 11.5 Å². The molecule has 82 heavy (non-hydrogen) atoms. The van der Waals surface area contributed by atoms with E-state index < -0.39 is 11.7 Å². The van der Waals surface area contributed by atoms with Gasteiger partial charge < -0.3 is 79.1 Å². The van der Waals surface area contributed by atoms with E-state index in [-0.39, 0.29) is 79.1 Å². The highest BCUT2D eigenvalue weighted by Gasteiger charge is 2.51. The van der Waals surface area contributed by atoms with Gasteiger partial charge in [-0.15, -0.1) is 0 Å². The second-order valence-electron chi connectivity index (χ2n) is 23.3. The van der Waals surface area contributed by atoms with Gasteiger partial charge in [0.2, 0.25) is 0 Å². The molecule has 446 valence electrons. The van der Waals surface area contributed by atoms with Crippen LogP contribution in [-0.4, -0.2) is 192 Å². The Bertz CT molecular complexity index is 2880. The highest BCUT2D eigenvalue weighted by molar-refractivity contribution is 7.99. The zero-order chi connectivity index (χ0) is 57.9. The van der Waals surface area contributed by atoms with Crippen molar-refractivity contribution in [1.82, 2.24) is 35.2 Å². The number of hydrogen-bond acceptors (Lipinski definition) is 24. The summed E-state index contributed by atoms with van der Waals surface area (Å²) < 4.78 is 40.9. The van der Waals surface area contributed by atoms with E-state index in [1.165, 1.54) is 23.5 Å². The van der Waals surface area contributed by atoms with E-state index in [1.807, 2.05) is 46.0 Å². The molecule has 4 aromatic heterocycles. The van der Waals surface area contributed by atoms with Crippen LogP contribution in [0.5, 0.6) is 11.5 Å². The largest absolute Gasteiger partial charge is 0.486 e. The molecule has 8 atom stereocenters. The predicted molar refractivity (Wildman–Crippen MR) is 305 cm³/mol. The van der Waals surface area contributed by atoms with Crippen molar-refractivity contribution in [3.63, 3.8) is 0 Å². The maximum absolute atomic E-state index is 12.6. The Morgan fingerprint density at radius 1 is 0.744 bits per heavy atom. The average molecular weight is 1180 g/mol. The number of ether oxygens (including phenoxy) is 7. The number of aromatic nitrogens is 6.